The van der Waals surface area contributed by atoms with E-state index in [0.29, 0.717) is 5.56 Å². The fraction of sp³-hybridized carbons (Fsp3) is 0.273. The zero-order valence-corrected chi connectivity index (χ0v) is 18.7. The Morgan fingerprint density at radius 3 is 2.50 bits per heavy atom. The highest BCUT2D eigenvalue weighted by molar-refractivity contribution is 6.34. The summed E-state index contributed by atoms with van der Waals surface area (Å²) in [7, 11) is 0. The first-order valence-corrected chi connectivity index (χ1v) is 10.2. The standard InChI is InChI=1S/C22H19ClF4N4O3/c1-21(2,20(28)33)8-11-3-5-13(24)17(18(11)23)19-30-14(7-15(32)31-19)12-4-6-16(29-9-12)34-10-22(25,26)27/h3-7,9H,8,10H2,1-2H3,(H2,28,33)(H,30,31,32). The molecular weight excluding hydrogens is 480 g/mol. The second-order valence-electron chi connectivity index (χ2n) is 8.09. The third-order valence-corrected chi connectivity index (χ3v) is 5.30. The number of carbonyl (C=O) groups excluding carboxylic acids is 1. The molecule has 3 rings (SSSR count). The lowest BCUT2D eigenvalue weighted by Gasteiger charge is -2.22. The molecule has 0 aliphatic rings. The second-order valence-corrected chi connectivity index (χ2v) is 8.47. The van der Waals surface area contributed by atoms with Gasteiger partial charge < -0.3 is 15.5 Å². The van der Waals surface area contributed by atoms with Crippen LogP contribution in [0.4, 0.5) is 17.6 Å². The molecule has 2 heterocycles. The normalized spacial score (nSPS) is 12.0. The van der Waals surface area contributed by atoms with Crippen LogP contribution in [0.15, 0.2) is 41.3 Å². The van der Waals surface area contributed by atoms with Crippen molar-refractivity contribution in [2.45, 2.75) is 26.4 Å². The molecule has 3 aromatic rings. The third-order valence-electron chi connectivity index (χ3n) is 4.86. The molecule has 3 N–H and O–H groups in total. The van der Waals surface area contributed by atoms with Crippen LogP contribution in [0, 0.1) is 11.2 Å². The number of primary amides is 1. The van der Waals surface area contributed by atoms with Gasteiger partial charge in [0.15, 0.2) is 6.61 Å². The number of hydrogen-bond acceptors (Lipinski definition) is 5. The summed E-state index contributed by atoms with van der Waals surface area (Å²) in [5.74, 6) is -1.79. The number of benzene rings is 1. The van der Waals surface area contributed by atoms with Gasteiger partial charge in [-0.25, -0.2) is 14.4 Å². The Morgan fingerprint density at radius 1 is 1.21 bits per heavy atom. The number of alkyl halides is 3. The Balaban J connectivity index is 1.99. The van der Waals surface area contributed by atoms with Gasteiger partial charge in [0.25, 0.3) is 5.56 Å². The first kappa shape index (κ1) is 25.2. The number of aromatic nitrogens is 3. The van der Waals surface area contributed by atoms with Crippen LogP contribution in [0.1, 0.15) is 19.4 Å². The third kappa shape index (κ3) is 5.90. The topological polar surface area (TPSA) is 111 Å². The van der Waals surface area contributed by atoms with Crippen molar-refractivity contribution < 1.29 is 27.1 Å². The smallest absolute Gasteiger partial charge is 0.422 e. The van der Waals surface area contributed by atoms with E-state index in [2.05, 4.69) is 19.7 Å². The number of nitrogens with two attached hydrogens (primary N) is 1. The largest absolute Gasteiger partial charge is 0.468 e. The first-order valence-electron chi connectivity index (χ1n) is 9.81. The minimum Gasteiger partial charge on any atom is -0.468 e. The molecule has 0 saturated carbocycles. The van der Waals surface area contributed by atoms with E-state index in [0.717, 1.165) is 12.1 Å². The van der Waals surface area contributed by atoms with Gasteiger partial charge in [-0.15, -0.1) is 0 Å². The predicted molar refractivity (Wildman–Crippen MR) is 117 cm³/mol. The summed E-state index contributed by atoms with van der Waals surface area (Å²) >= 11 is 6.43. The van der Waals surface area contributed by atoms with Gasteiger partial charge in [-0.1, -0.05) is 31.5 Å². The second kappa shape index (κ2) is 9.41. The highest BCUT2D eigenvalue weighted by atomic mass is 35.5. The molecule has 0 spiro atoms. The quantitative estimate of drug-likeness (QED) is 0.472. The minimum absolute atomic E-state index is 0.0522. The molecule has 0 unspecified atom stereocenters. The van der Waals surface area contributed by atoms with E-state index in [1.807, 2.05) is 0 Å². The number of amides is 1. The van der Waals surface area contributed by atoms with Crippen molar-refractivity contribution in [3.8, 4) is 28.5 Å². The van der Waals surface area contributed by atoms with Gasteiger partial charge in [-0.3, -0.25) is 9.59 Å². The number of halogens is 5. The number of hydrogen-bond donors (Lipinski definition) is 2. The molecule has 0 atom stereocenters. The highest BCUT2D eigenvalue weighted by Gasteiger charge is 2.29. The molecule has 0 radical (unpaired) electrons. The van der Waals surface area contributed by atoms with Crippen molar-refractivity contribution in [2.24, 2.45) is 11.1 Å². The van der Waals surface area contributed by atoms with Crippen LogP contribution in [0.25, 0.3) is 22.6 Å². The summed E-state index contributed by atoms with van der Waals surface area (Å²) in [5.41, 5.74) is 4.40. The number of nitrogens with one attached hydrogen (secondary N) is 1. The van der Waals surface area contributed by atoms with Crippen LogP contribution < -0.4 is 16.0 Å². The summed E-state index contributed by atoms with van der Waals surface area (Å²) < 4.78 is 56.2. The van der Waals surface area contributed by atoms with E-state index < -0.39 is 35.5 Å². The lowest BCUT2D eigenvalue weighted by Crippen LogP contribution is -2.33. The number of nitrogens with zero attached hydrogens (tertiary/aromatic N) is 2. The SMILES string of the molecule is CC(C)(Cc1ccc(F)c(-c2nc(-c3ccc(OCC(F)(F)F)nc3)cc(=O)[nH]2)c1Cl)C(N)=O. The Hall–Kier alpha value is -3.47. The Bertz CT molecular complexity index is 1270. The van der Waals surface area contributed by atoms with Crippen LogP contribution >= 0.6 is 11.6 Å². The Labute approximate surface area is 196 Å². The molecule has 180 valence electrons. The first-order chi connectivity index (χ1) is 15.8. The van der Waals surface area contributed by atoms with Crippen LogP contribution in [0.3, 0.4) is 0 Å². The summed E-state index contributed by atoms with van der Waals surface area (Å²) in [6.07, 6.45) is -3.24. The Kier molecular flexibility index (Phi) is 6.97. The average molecular weight is 499 g/mol. The van der Waals surface area contributed by atoms with Crippen molar-refractivity contribution in [3.63, 3.8) is 0 Å². The van der Waals surface area contributed by atoms with Gasteiger partial charge in [0.2, 0.25) is 11.8 Å². The summed E-state index contributed by atoms with van der Waals surface area (Å²) in [6, 6.07) is 6.20. The van der Waals surface area contributed by atoms with Crippen molar-refractivity contribution in [1.82, 2.24) is 15.0 Å². The van der Waals surface area contributed by atoms with E-state index in [1.165, 1.54) is 24.4 Å². The van der Waals surface area contributed by atoms with Crippen LogP contribution in [-0.2, 0) is 11.2 Å². The number of ether oxygens (including phenoxy) is 1. The van der Waals surface area contributed by atoms with E-state index >= 15 is 0 Å². The molecule has 7 nitrogen and oxygen atoms in total. The molecule has 12 heteroatoms. The van der Waals surface area contributed by atoms with Crippen molar-refractivity contribution >= 4 is 17.5 Å². The Morgan fingerprint density at radius 2 is 1.91 bits per heavy atom. The zero-order chi connectivity index (χ0) is 25.3. The van der Waals surface area contributed by atoms with Gasteiger partial charge in [0.1, 0.15) is 11.6 Å². The molecule has 0 fully saturated rings. The highest BCUT2D eigenvalue weighted by Crippen LogP contribution is 2.35. The van der Waals surface area contributed by atoms with Crippen LogP contribution in [0.5, 0.6) is 5.88 Å². The maximum absolute atomic E-state index is 14.7. The molecule has 2 aromatic heterocycles. The van der Waals surface area contributed by atoms with Gasteiger partial charge in [-0.05, 0) is 24.1 Å². The van der Waals surface area contributed by atoms with Gasteiger partial charge in [0, 0.05) is 29.3 Å². The predicted octanol–water partition coefficient (Wildman–Crippen LogP) is 4.29. The minimum atomic E-state index is -4.52. The van der Waals surface area contributed by atoms with Crippen molar-refractivity contribution in [3.05, 3.63) is 63.3 Å². The summed E-state index contributed by atoms with van der Waals surface area (Å²) in [6.45, 7) is 1.72. The molecule has 1 amide bonds. The average Bonchev–Trinajstić information content (AvgIpc) is 2.74. The van der Waals surface area contributed by atoms with E-state index in [1.54, 1.807) is 13.8 Å². The fourth-order valence-electron chi connectivity index (χ4n) is 3.01. The molecule has 0 saturated heterocycles. The number of H-pyrrole nitrogens is 1. The van der Waals surface area contributed by atoms with Crippen LogP contribution in [0.2, 0.25) is 5.02 Å². The monoisotopic (exact) mass is 498 g/mol. The summed E-state index contributed by atoms with van der Waals surface area (Å²) in [4.78, 5) is 34.4. The lowest BCUT2D eigenvalue weighted by molar-refractivity contribution is -0.154. The van der Waals surface area contributed by atoms with Gasteiger partial charge in [0.05, 0.1) is 16.3 Å². The number of pyridine rings is 1. The molecule has 0 aliphatic carbocycles. The molecule has 0 bridgehead atoms. The number of aromatic amines is 1. The zero-order valence-electron chi connectivity index (χ0n) is 18.0. The molecule has 1 aromatic carbocycles. The molecule has 34 heavy (non-hydrogen) atoms. The summed E-state index contributed by atoms with van der Waals surface area (Å²) in [5, 5.41) is -0.0522. The fourth-order valence-corrected chi connectivity index (χ4v) is 3.32. The van der Waals surface area contributed by atoms with E-state index in [9.17, 15) is 27.2 Å². The number of rotatable bonds is 7. The lowest BCUT2D eigenvalue weighted by atomic mass is 9.84. The van der Waals surface area contributed by atoms with Crippen molar-refractivity contribution in [2.75, 3.05) is 6.61 Å². The van der Waals surface area contributed by atoms with E-state index in [-0.39, 0.29) is 40.0 Å². The molecular formula is C22H19ClF4N4O3. The molecule has 0 aliphatic heterocycles. The van der Waals surface area contributed by atoms with Gasteiger partial charge >= 0.3 is 6.18 Å². The number of carbonyl (C=O) groups is 1. The van der Waals surface area contributed by atoms with Crippen molar-refractivity contribution in [1.29, 1.82) is 0 Å². The van der Waals surface area contributed by atoms with E-state index in [4.69, 9.17) is 17.3 Å². The van der Waals surface area contributed by atoms with Gasteiger partial charge in [-0.2, -0.15) is 13.2 Å². The van der Waals surface area contributed by atoms with Crippen LogP contribution in [-0.4, -0.2) is 33.6 Å². The maximum atomic E-state index is 14.7. The maximum Gasteiger partial charge on any atom is 0.422 e.